The van der Waals surface area contributed by atoms with Crippen LogP contribution in [0.4, 0.5) is 14.5 Å². The van der Waals surface area contributed by atoms with Crippen molar-refractivity contribution in [1.29, 1.82) is 0 Å². The maximum absolute atomic E-state index is 13.5. The first kappa shape index (κ1) is 16.9. The van der Waals surface area contributed by atoms with Gasteiger partial charge in [0.25, 0.3) is 5.91 Å². The molecule has 1 amide bonds. The van der Waals surface area contributed by atoms with Crippen LogP contribution >= 0.6 is 11.6 Å². The van der Waals surface area contributed by atoms with Gasteiger partial charge in [-0.15, -0.1) is 0 Å². The maximum Gasteiger partial charge on any atom is 0.338 e. The van der Waals surface area contributed by atoms with Crippen LogP contribution < -0.4 is 5.32 Å². The van der Waals surface area contributed by atoms with E-state index in [9.17, 15) is 18.4 Å². The second kappa shape index (κ2) is 7.19. The fourth-order valence-electron chi connectivity index (χ4n) is 1.69. The van der Waals surface area contributed by atoms with Crippen LogP contribution in [0.25, 0.3) is 0 Å². The van der Waals surface area contributed by atoms with Crippen LogP contribution in [0.1, 0.15) is 17.3 Å². The first-order valence-corrected chi connectivity index (χ1v) is 6.97. The van der Waals surface area contributed by atoms with Crippen molar-refractivity contribution in [3.05, 3.63) is 64.7 Å². The molecule has 1 atom stereocenters. The van der Waals surface area contributed by atoms with E-state index in [1.54, 1.807) is 0 Å². The van der Waals surface area contributed by atoms with Crippen molar-refractivity contribution in [3.8, 4) is 0 Å². The molecule has 0 saturated carbocycles. The molecule has 0 aliphatic carbocycles. The van der Waals surface area contributed by atoms with Crippen LogP contribution in [0.2, 0.25) is 5.02 Å². The van der Waals surface area contributed by atoms with E-state index < -0.39 is 29.6 Å². The lowest BCUT2D eigenvalue weighted by Crippen LogP contribution is -2.30. The van der Waals surface area contributed by atoms with E-state index in [1.807, 2.05) is 0 Å². The lowest BCUT2D eigenvalue weighted by atomic mass is 10.2. The minimum absolute atomic E-state index is 0.203. The van der Waals surface area contributed by atoms with Gasteiger partial charge in [-0.25, -0.2) is 13.6 Å². The predicted octanol–water partition coefficient (Wildman–Crippen LogP) is 3.80. The van der Waals surface area contributed by atoms with Gasteiger partial charge in [0, 0.05) is 11.1 Å². The molecule has 4 nitrogen and oxygen atoms in total. The molecule has 0 radical (unpaired) electrons. The number of rotatable bonds is 4. The molecule has 0 saturated heterocycles. The number of carbonyl (C=O) groups is 2. The summed E-state index contributed by atoms with van der Waals surface area (Å²) >= 11 is 5.71. The second-order valence-electron chi connectivity index (χ2n) is 4.67. The third-order valence-electron chi connectivity index (χ3n) is 2.92. The minimum Gasteiger partial charge on any atom is -0.449 e. The van der Waals surface area contributed by atoms with E-state index in [-0.39, 0.29) is 11.3 Å². The standard InChI is InChI=1S/C16H12ClF2NO3/c1-9(23-16(22)10-2-4-11(17)5-3-10)15(21)20-14-7-6-12(18)8-13(14)19/h2-9H,1H3,(H,20,21). The Labute approximate surface area is 136 Å². The van der Waals surface area contributed by atoms with E-state index in [1.165, 1.54) is 31.2 Å². The number of benzene rings is 2. The summed E-state index contributed by atoms with van der Waals surface area (Å²) in [5, 5.41) is 2.68. The molecule has 2 aromatic rings. The highest BCUT2D eigenvalue weighted by molar-refractivity contribution is 6.30. The zero-order valence-corrected chi connectivity index (χ0v) is 12.7. The van der Waals surface area contributed by atoms with Gasteiger partial charge in [-0.2, -0.15) is 0 Å². The Morgan fingerprint density at radius 3 is 2.39 bits per heavy atom. The van der Waals surface area contributed by atoms with Crippen LogP contribution in [0.15, 0.2) is 42.5 Å². The summed E-state index contributed by atoms with van der Waals surface area (Å²) in [6.07, 6.45) is -1.16. The molecular formula is C16H12ClF2NO3. The zero-order chi connectivity index (χ0) is 17.0. The maximum atomic E-state index is 13.5. The Kier molecular flexibility index (Phi) is 5.28. The normalized spacial score (nSPS) is 11.7. The number of carbonyl (C=O) groups excluding carboxylic acids is 2. The molecule has 7 heteroatoms. The molecule has 2 rings (SSSR count). The summed E-state index contributed by atoms with van der Waals surface area (Å²) in [6, 6.07) is 8.65. The Bertz CT molecular complexity index is 735. The molecule has 2 aromatic carbocycles. The van der Waals surface area contributed by atoms with E-state index in [4.69, 9.17) is 16.3 Å². The number of amides is 1. The Morgan fingerprint density at radius 1 is 1.13 bits per heavy atom. The fraction of sp³-hybridized carbons (Fsp3) is 0.125. The van der Waals surface area contributed by atoms with Crippen molar-refractivity contribution in [3.63, 3.8) is 0 Å². The zero-order valence-electron chi connectivity index (χ0n) is 12.0. The number of anilines is 1. The van der Waals surface area contributed by atoms with Crippen LogP contribution in [0, 0.1) is 11.6 Å². The van der Waals surface area contributed by atoms with Crippen LogP contribution in [0.3, 0.4) is 0 Å². The van der Waals surface area contributed by atoms with Gasteiger partial charge < -0.3 is 10.1 Å². The van der Waals surface area contributed by atoms with Gasteiger partial charge in [0.15, 0.2) is 6.10 Å². The molecule has 1 N–H and O–H groups in total. The Morgan fingerprint density at radius 2 is 1.78 bits per heavy atom. The quantitative estimate of drug-likeness (QED) is 0.862. The number of halogens is 3. The Balaban J connectivity index is 1.99. The third kappa shape index (κ3) is 4.50. The summed E-state index contributed by atoms with van der Waals surface area (Å²) in [6.45, 7) is 1.34. The second-order valence-corrected chi connectivity index (χ2v) is 5.10. The highest BCUT2D eigenvalue weighted by Gasteiger charge is 2.20. The molecular weight excluding hydrogens is 328 g/mol. The number of hydrogen-bond acceptors (Lipinski definition) is 3. The summed E-state index contributed by atoms with van der Waals surface area (Å²) in [7, 11) is 0. The molecule has 0 fully saturated rings. The first-order chi connectivity index (χ1) is 10.9. The summed E-state index contributed by atoms with van der Waals surface area (Å²) in [5.41, 5.74) is 0.0211. The van der Waals surface area contributed by atoms with E-state index in [0.29, 0.717) is 11.1 Å². The molecule has 0 aliphatic heterocycles. The monoisotopic (exact) mass is 339 g/mol. The lowest BCUT2D eigenvalue weighted by molar-refractivity contribution is -0.123. The van der Waals surface area contributed by atoms with E-state index >= 15 is 0 Å². The first-order valence-electron chi connectivity index (χ1n) is 6.59. The Hall–Kier alpha value is -2.47. The molecule has 1 unspecified atom stereocenters. The van der Waals surface area contributed by atoms with Crippen molar-refractivity contribution >= 4 is 29.2 Å². The number of ether oxygens (including phenoxy) is 1. The number of esters is 1. The van der Waals surface area contributed by atoms with Crippen LogP contribution in [-0.4, -0.2) is 18.0 Å². The van der Waals surface area contributed by atoms with Crippen LogP contribution in [-0.2, 0) is 9.53 Å². The highest BCUT2D eigenvalue weighted by atomic mass is 35.5. The average Bonchev–Trinajstić information content (AvgIpc) is 2.50. The molecule has 0 aliphatic rings. The topological polar surface area (TPSA) is 55.4 Å². The molecule has 120 valence electrons. The van der Waals surface area contributed by atoms with Gasteiger partial charge in [-0.05, 0) is 43.3 Å². The molecule has 0 bridgehead atoms. The van der Waals surface area contributed by atoms with E-state index in [2.05, 4.69) is 5.32 Å². The van der Waals surface area contributed by atoms with E-state index in [0.717, 1.165) is 12.1 Å². The van der Waals surface area contributed by atoms with Gasteiger partial charge in [-0.1, -0.05) is 11.6 Å². The molecule has 0 aromatic heterocycles. The van der Waals surface area contributed by atoms with Crippen LogP contribution in [0.5, 0.6) is 0 Å². The van der Waals surface area contributed by atoms with Gasteiger partial charge in [0.2, 0.25) is 0 Å². The van der Waals surface area contributed by atoms with Crippen molar-refractivity contribution in [1.82, 2.24) is 0 Å². The van der Waals surface area contributed by atoms with Gasteiger partial charge in [-0.3, -0.25) is 4.79 Å². The molecule has 23 heavy (non-hydrogen) atoms. The molecule has 0 spiro atoms. The predicted molar refractivity (Wildman–Crippen MR) is 81.3 cm³/mol. The minimum atomic E-state index is -1.16. The summed E-state index contributed by atoms with van der Waals surface area (Å²) in [5.74, 6) is -3.14. The van der Waals surface area contributed by atoms with Gasteiger partial charge in [0.05, 0.1) is 11.3 Å². The summed E-state index contributed by atoms with van der Waals surface area (Å²) < 4.78 is 31.2. The largest absolute Gasteiger partial charge is 0.449 e. The number of hydrogen-bond donors (Lipinski definition) is 1. The fourth-order valence-corrected chi connectivity index (χ4v) is 1.82. The number of nitrogens with one attached hydrogen (secondary N) is 1. The highest BCUT2D eigenvalue weighted by Crippen LogP contribution is 2.16. The van der Waals surface area contributed by atoms with Crippen molar-refractivity contribution in [2.24, 2.45) is 0 Å². The van der Waals surface area contributed by atoms with Gasteiger partial charge >= 0.3 is 5.97 Å². The van der Waals surface area contributed by atoms with Crippen molar-refractivity contribution in [2.75, 3.05) is 5.32 Å². The summed E-state index contributed by atoms with van der Waals surface area (Å²) in [4.78, 5) is 23.8. The average molecular weight is 340 g/mol. The van der Waals surface area contributed by atoms with Crippen molar-refractivity contribution in [2.45, 2.75) is 13.0 Å². The smallest absolute Gasteiger partial charge is 0.338 e. The van der Waals surface area contributed by atoms with Crippen molar-refractivity contribution < 1.29 is 23.1 Å². The SMILES string of the molecule is CC(OC(=O)c1ccc(Cl)cc1)C(=O)Nc1ccc(F)cc1F. The lowest BCUT2D eigenvalue weighted by Gasteiger charge is -2.14. The van der Waals surface area contributed by atoms with Gasteiger partial charge in [0.1, 0.15) is 11.6 Å². The third-order valence-corrected chi connectivity index (χ3v) is 3.17. The molecule has 0 heterocycles.